The lowest BCUT2D eigenvalue weighted by molar-refractivity contribution is -0.475. The zero-order chi connectivity index (χ0) is 9.84. The Morgan fingerprint density at radius 2 is 2.00 bits per heavy atom. The number of nitrogens with zero attached hydrogens (tertiary/aromatic N) is 1. The zero-order valence-corrected chi connectivity index (χ0v) is 7.48. The van der Waals surface area contributed by atoms with Crippen molar-refractivity contribution >= 4 is 5.69 Å². The molecular formula is C8H11N2O3+. The highest BCUT2D eigenvalue weighted by Gasteiger charge is 2.17. The molecule has 0 fully saturated rings. The highest BCUT2D eigenvalue weighted by molar-refractivity contribution is 5.50. The summed E-state index contributed by atoms with van der Waals surface area (Å²) in [5.74, 6) is 6.03. The molecule has 0 saturated heterocycles. The Morgan fingerprint density at radius 1 is 1.31 bits per heavy atom. The van der Waals surface area contributed by atoms with Gasteiger partial charge in [0.1, 0.15) is 5.75 Å². The largest absolute Gasteiger partial charge is 0.496 e. The number of hydrazine groups is 1. The molecule has 1 aromatic carbocycles. The third-order valence-corrected chi connectivity index (χ3v) is 1.62. The van der Waals surface area contributed by atoms with Gasteiger partial charge >= 0.3 is 5.69 Å². The van der Waals surface area contributed by atoms with Gasteiger partial charge in [-0.2, -0.15) is 5.84 Å². The maximum atomic E-state index is 10.9. The van der Waals surface area contributed by atoms with Crippen LogP contribution in [0.1, 0.15) is 0 Å². The van der Waals surface area contributed by atoms with Crippen LogP contribution in [0, 0.1) is 4.91 Å². The van der Waals surface area contributed by atoms with Crippen molar-refractivity contribution in [2.45, 2.75) is 0 Å². The molecule has 5 nitrogen and oxygen atoms in total. The van der Waals surface area contributed by atoms with Crippen molar-refractivity contribution in [1.82, 2.24) is 0 Å². The van der Waals surface area contributed by atoms with Crippen LogP contribution in [0.2, 0.25) is 0 Å². The lowest BCUT2D eigenvalue weighted by Gasteiger charge is -2.01. The number of rotatable bonds is 3. The molecule has 2 N–H and O–H groups in total. The summed E-state index contributed by atoms with van der Waals surface area (Å²) in [6.45, 7) is 0. The predicted octanol–water partition coefficient (Wildman–Crippen LogP) is 0.988. The normalized spacial score (nSPS) is 9.38. The Labute approximate surface area is 75.6 Å². The van der Waals surface area contributed by atoms with Gasteiger partial charge in [0.2, 0.25) is 0 Å². The summed E-state index contributed by atoms with van der Waals surface area (Å²) in [6.07, 6.45) is 0. The summed E-state index contributed by atoms with van der Waals surface area (Å²) in [5, 5.41) is 0. The summed E-state index contributed by atoms with van der Waals surface area (Å²) in [7, 11) is 2.98. The minimum Gasteiger partial charge on any atom is -0.496 e. The molecule has 0 aliphatic rings. The van der Waals surface area contributed by atoms with Crippen LogP contribution in [0.25, 0.3) is 0 Å². The maximum Gasteiger partial charge on any atom is 0.336 e. The van der Waals surface area contributed by atoms with E-state index in [1.165, 1.54) is 20.3 Å². The fraction of sp³-hybridized carbons (Fsp3) is 0.250. The van der Waals surface area contributed by atoms with E-state index in [1.54, 1.807) is 12.1 Å². The zero-order valence-electron chi connectivity index (χ0n) is 7.48. The van der Waals surface area contributed by atoms with Crippen LogP contribution in [0.3, 0.4) is 0 Å². The van der Waals surface area contributed by atoms with Crippen LogP contribution in [-0.2, 0) is 0 Å². The predicted molar refractivity (Wildman–Crippen MR) is 47.0 cm³/mol. The maximum absolute atomic E-state index is 10.9. The van der Waals surface area contributed by atoms with Crippen molar-refractivity contribution in [3.05, 3.63) is 23.1 Å². The van der Waals surface area contributed by atoms with Crippen LogP contribution in [0.4, 0.5) is 5.69 Å². The molecule has 0 spiro atoms. The average Bonchev–Trinajstić information content (AvgIpc) is 2.16. The molecule has 13 heavy (non-hydrogen) atoms. The van der Waals surface area contributed by atoms with Crippen molar-refractivity contribution < 1.29 is 14.3 Å². The summed E-state index contributed by atoms with van der Waals surface area (Å²) in [5.41, 5.74) is 0.238. The van der Waals surface area contributed by atoms with Crippen molar-refractivity contribution in [3.63, 3.8) is 0 Å². The van der Waals surface area contributed by atoms with Gasteiger partial charge in [-0.25, -0.2) is 0 Å². The lowest BCUT2D eigenvalue weighted by atomic mass is 10.3. The second kappa shape index (κ2) is 3.75. The van der Waals surface area contributed by atoms with E-state index >= 15 is 0 Å². The van der Waals surface area contributed by atoms with Gasteiger partial charge in [0.15, 0.2) is 10.6 Å². The third-order valence-electron chi connectivity index (χ3n) is 1.62. The Morgan fingerprint density at radius 3 is 2.46 bits per heavy atom. The summed E-state index contributed by atoms with van der Waals surface area (Å²) in [4.78, 5) is 11.1. The SMILES string of the molecule is COc1ccc(OC)c([N+](N)=O)c1. The van der Waals surface area contributed by atoms with E-state index in [0.717, 1.165) is 0 Å². The lowest BCUT2D eigenvalue weighted by Crippen LogP contribution is -2.10. The molecule has 0 bridgehead atoms. The molecule has 0 unspecified atom stereocenters. The highest BCUT2D eigenvalue weighted by atomic mass is 16.5. The number of ether oxygens (including phenoxy) is 2. The summed E-state index contributed by atoms with van der Waals surface area (Å²) >= 11 is 0. The van der Waals surface area contributed by atoms with Crippen molar-refractivity contribution in [3.8, 4) is 11.5 Å². The van der Waals surface area contributed by atoms with Gasteiger partial charge < -0.3 is 9.47 Å². The summed E-state index contributed by atoms with van der Waals surface area (Å²) < 4.78 is 9.86. The number of nitroso groups, excluding NO2 is 1. The first-order chi connectivity index (χ1) is 6.19. The van der Waals surface area contributed by atoms with Crippen molar-refractivity contribution in [2.75, 3.05) is 14.2 Å². The van der Waals surface area contributed by atoms with Crippen LogP contribution in [0.15, 0.2) is 18.2 Å². The van der Waals surface area contributed by atoms with E-state index in [2.05, 4.69) is 0 Å². The molecule has 5 heteroatoms. The highest BCUT2D eigenvalue weighted by Crippen LogP contribution is 2.29. The standard InChI is InChI=1S/C8H11N2O3/c1-12-6-3-4-8(13-2)7(5-6)10(9)11/h3-5H,1-2H3,(H2,9,11)/q+1. The van der Waals surface area contributed by atoms with Gasteiger partial charge in [-0.3, -0.25) is 0 Å². The second-order valence-corrected chi connectivity index (χ2v) is 2.36. The van der Waals surface area contributed by atoms with E-state index < -0.39 is 0 Å². The Bertz CT molecular complexity index is 325. The molecule has 0 radical (unpaired) electrons. The number of benzene rings is 1. The number of nitrogens with two attached hydrogens (primary N) is 1. The molecule has 0 atom stereocenters. The monoisotopic (exact) mass is 183 g/mol. The quantitative estimate of drug-likeness (QED) is 0.431. The number of hydrogen-bond donors (Lipinski definition) is 1. The Hall–Kier alpha value is -1.78. The van der Waals surface area contributed by atoms with Gasteiger partial charge in [-0.05, 0) is 12.1 Å². The smallest absolute Gasteiger partial charge is 0.336 e. The minimum absolute atomic E-state index is 0.237. The van der Waals surface area contributed by atoms with E-state index in [-0.39, 0.29) is 10.6 Å². The fourth-order valence-corrected chi connectivity index (χ4v) is 0.969. The Balaban J connectivity index is 3.18. The molecule has 0 heterocycles. The molecule has 0 amide bonds. The molecule has 1 rings (SSSR count). The van der Waals surface area contributed by atoms with Crippen molar-refractivity contribution in [1.29, 1.82) is 0 Å². The van der Waals surface area contributed by atoms with Gasteiger partial charge in [-0.15, -0.1) is 0 Å². The van der Waals surface area contributed by atoms with Gasteiger partial charge in [0, 0.05) is 0 Å². The van der Waals surface area contributed by atoms with Crippen LogP contribution < -0.4 is 15.3 Å². The number of hydrogen-bond acceptors (Lipinski definition) is 3. The Kier molecular flexibility index (Phi) is 2.69. The fourth-order valence-electron chi connectivity index (χ4n) is 0.969. The molecule has 0 aliphatic heterocycles. The molecule has 0 aromatic heterocycles. The molecule has 0 aliphatic carbocycles. The van der Waals surface area contributed by atoms with Crippen LogP contribution in [0.5, 0.6) is 11.5 Å². The van der Waals surface area contributed by atoms with E-state index in [4.69, 9.17) is 15.3 Å². The third kappa shape index (κ3) is 1.87. The molecule has 1 aromatic rings. The van der Waals surface area contributed by atoms with Crippen LogP contribution in [-0.4, -0.2) is 19.1 Å². The van der Waals surface area contributed by atoms with E-state index in [0.29, 0.717) is 11.5 Å². The van der Waals surface area contributed by atoms with Gasteiger partial charge in [-0.1, -0.05) is 0 Å². The van der Waals surface area contributed by atoms with Crippen LogP contribution >= 0.6 is 0 Å². The molecule has 0 saturated carbocycles. The second-order valence-electron chi connectivity index (χ2n) is 2.36. The summed E-state index contributed by atoms with van der Waals surface area (Å²) in [6, 6.07) is 4.81. The van der Waals surface area contributed by atoms with Gasteiger partial charge in [0.25, 0.3) is 0 Å². The number of methoxy groups -OCH3 is 2. The van der Waals surface area contributed by atoms with E-state index in [9.17, 15) is 4.91 Å². The first kappa shape index (κ1) is 9.31. The molecule has 70 valence electrons. The van der Waals surface area contributed by atoms with E-state index in [1.807, 2.05) is 0 Å². The first-order valence-electron chi connectivity index (χ1n) is 3.63. The average molecular weight is 183 g/mol. The molecular weight excluding hydrogens is 172 g/mol. The topological polar surface area (TPSA) is 64.6 Å². The first-order valence-corrected chi connectivity index (χ1v) is 3.63. The van der Waals surface area contributed by atoms with Crippen molar-refractivity contribution in [2.24, 2.45) is 5.84 Å². The minimum atomic E-state index is 0.237. The van der Waals surface area contributed by atoms with Gasteiger partial charge in [0.05, 0.1) is 25.2 Å².